The number of nitrogens with two attached hydrogens (primary N) is 1. The van der Waals surface area contributed by atoms with Crippen molar-refractivity contribution in [3.8, 4) is 0 Å². The zero-order chi connectivity index (χ0) is 14.6. The first-order valence-corrected chi connectivity index (χ1v) is 6.38. The van der Waals surface area contributed by atoms with Gasteiger partial charge in [-0.05, 0) is 18.6 Å². The van der Waals surface area contributed by atoms with Crippen molar-refractivity contribution in [2.24, 2.45) is 5.73 Å². The van der Waals surface area contributed by atoms with Gasteiger partial charge in [-0.2, -0.15) is 0 Å². The molecule has 4 N–H and O–H groups in total. The van der Waals surface area contributed by atoms with Crippen molar-refractivity contribution in [1.82, 2.24) is 0 Å². The number of carboxylic acids is 1. The molecule has 0 spiro atoms. The Labute approximate surface area is 120 Å². The fraction of sp³-hybridized carbons (Fsp3) is 0.333. The summed E-state index contributed by atoms with van der Waals surface area (Å²) in [6.07, 6.45) is 0.816. The van der Waals surface area contributed by atoms with Gasteiger partial charge in [0.2, 0.25) is 5.91 Å². The summed E-state index contributed by atoms with van der Waals surface area (Å²) >= 11 is 11.8. The molecule has 1 rings (SSSR count). The minimum absolute atomic E-state index is 0.0433. The van der Waals surface area contributed by atoms with E-state index in [-0.39, 0.29) is 39.7 Å². The zero-order valence-electron chi connectivity index (χ0n) is 10.2. The van der Waals surface area contributed by atoms with Crippen molar-refractivity contribution in [2.45, 2.75) is 25.8 Å². The maximum Gasteiger partial charge on any atom is 0.335 e. The molecule has 1 atom stereocenters. The largest absolute Gasteiger partial charge is 0.478 e. The molecule has 0 saturated heterocycles. The fourth-order valence-electron chi connectivity index (χ4n) is 1.39. The number of amides is 1. The third-order valence-corrected chi connectivity index (χ3v) is 3.12. The molecule has 1 aromatic rings. The van der Waals surface area contributed by atoms with Crippen LogP contribution >= 0.6 is 23.2 Å². The number of benzene rings is 1. The van der Waals surface area contributed by atoms with Crippen LogP contribution in [0.3, 0.4) is 0 Å². The van der Waals surface area contributed by atoms with Gasteiger partial charge in [-0.25, -0.2) is 4.79 Å². The minimum Gasteiger partial charge on any atom is -0.478 e. The van der Waals surface area contributed by atoms with Crippen molar-refractivity contribution in [2.75, 3.05) is 5.32 Å². The molecule has 7 heteroatoms. The molecule has 1 amide bonds. The van der Waals surface area contributed by atoms with E-state index in [1.807, 2.05) is 6.92 Å². The molecule has 1 aromatic carbocycles. The summed E-state index contributed by atoms with van der Waals surface area (Å²) < 4.78 is 0. The van der Waals surface area contributed by atoms with Gasteiger partial charge in [-0.1, -0.05) is 30.1 Å². The normalized spacial score (nSPS) is 12.0. The predicted octanol–water partition coefficient (Wildman–Crippen LogP) is 2.76. The molecule has 0 aromatic heterocycles. The smallest absolute Gasteiger partial charge is 0.335 e. The van der Waals surface area contributed by atoms with E-state index < -0.39 is 5.97 Å². The van der Waals surface area contributed by atoms with E-state index in [0.29, 0.717) is 6.42 Å². The van der Waals surface area contributed by atoms with Crippen LogP contribution in [0.4, 0.5) is 5.69 Å². The number of carbonyl (C=O) groups is 2. The van der Waals surface area contributed by atoms with Crippen LogP contribution in [0.25, 0.3) is 0 Å². The summed E-state index contributed by atoms with van der Waals surface area (Å²) in [5, 5.41) is 11.5. The number of aromatic carboxylic acids is 1. The average Bonchev–Trinajstić information content (AvgIpc) is 2.33. The lowest BCUT2D eigenvalue weighted by atomic mass is 10.1. The van der Waals surface area contributed by atoms with E-state index in [4.69, 9.17) is 34.0 Å². The second kappa shape index (κ2) is 6.75. The van der Waals surface area contributed by atoms with Gasteiger partial charge in [0.1, 0.15) is 0 Å². The van der Waals surface area contributed by atoms with Crippen molar-refractivity contribution in [1.29, 1.82) is 0 Å². The molecule has 0 fully saturated rings. The van der Waals surface area contributed by atoms with Crippen molar-refractivity contribution in [3.05, 3.63) is 27.7 Å². The molecule has 19 heavy (non-hydrogen) atoms. The number of anilines is 1. The van der Waals surface area contributed by atoms with E-state index >= 15 is 0 Å². The van der Waals surface area contributed by atoms with Crippen LogP contribution in [0.5, 0.6) is 0 Å². The van der Waals surface area contributed by atoms with Gasteiger partial charge in [0, 0.05) is 12.5 Å². The summed E-state index contributed by atoms with van der Waals surface area (Å²) in [4.78, 5) is 22.5. The van der Waals surface area contributed by atoms with Crippen LogP contribution in [-0.2, 0) is 4.79 Å². The number of carboxylic acid groups (broad SMARTS) is 1. The molecule has 0 aliphatic carbocycles. The van der Waals surface area contributed by atoms with E-state index in [1.165, 1.54) is 12.1 Å². The van der Waals surface area contributed by atoms with Gasteiger partial charge < -0.3 is 16.2 Å². The summed E-state index contributed by atoms with van der Waals surface area (Å²) in [5.74, 6) is -1.46. The number of hydrogen-bond donors (Lipinski definition) is 3. The lowest BCUT2D eigenvalue weighted by Crippen LogP contribution is -2.26. The molecule has 104 valence electrons. The third kappa shape index (κ3) is 4.38. The van der Waals surface area contributed by atoms with Crippen LogP contribution in [0.1, 0.15) is 30.1 Å². The fourth-order valence-corrected chi connectivity index (χ4v) is 1.97. The number of hydrogen-bond acceptors (Lipinski definition) is 3. The topological polar surface area (TPSA) is 92.4 Å². The first kappa shape index (κ1) is 15.8. The molecule has 5 nitrogen and oxygen atoms in total. The summed E-state index contributed by atoms with van der Waals surface area (Å²) in [7, 11) is 0. The molecular weight excluding hydrogens is 291 g/mol. The lowest BCUT2D eigenvalue weighted by molar-refractivity contribution is -0.116. The summed E-state index contributed by atoms with van der Waals surface area (Å²) in [6.45, 7) is 1.87. The molecule has 0 aliphatic rings. The van der Waals surface area contributed by atoms with Gasteiger partial charge in [-0.15, -0.1) is 0 Å². The number of halogens is 2. The van der Waals surface area contributed by atoms with E-state index in [2.05, 4.69) is 5.32 Å². The number of carbonyl (C=O) groups excluding carboxylic acids is 1. The minimum atomic E-state index is -1.14. The van der Waals surface area contributed by atoms with Gasteiger partial charge in [-0.3, -0.25) is 4.79 Å². The Bertz CT molecular complexity index is 483. The molecular formula is C12H14Cl2N2O3. The Morgan fingerprint density at radius 2 is 1.89 bits per heavy atom. The van der Waals surface area contributed by atoms with Gasteiger partial charge >= 0.3 is 5.97 Å². The van der Waals surface area contributed by atoms with Crippen LogP contribution < -0.4 is 11.1 Å². The molecule has 0 bridgehead atoms. The number of rotatable bonds is 5. The van der Waals surface area contributed by atoms with Crippen LogP contribution in [0.15, 0.2) is 12.1 Å². The highest BCUT2D eigenvalue weighted by molar-refractivity contribution is 6.40. The van der Waals surface area contributed by atoms with Crippen molar-refractivity contribution >= 4 is 40.8 Å². The Balaban J connectivity index is 2.90. The standard InChI is InChI=1S/C12H14Cl2N2O3/c1-2-7(15)5-10(17)16-11-8(13)3-6(12(18)19)4-9(11)14/h3-4,7H,2,5,15H2,1H3,(H,16,17)(H,18,19). The first-order valence-electron chi connectivity index (χ1n) is 5.63. The highest BCUT2D eigenvalue weighted by Crippen LogP contribution is 2.32. The molecule has 0 saturated carbocycles. The maximum atomic E-state index is 11.7. The van der Waals surface area contributed by atoms with Crippen LogP contribution in [0, 0.1) is 0 Å². The van der Waals surface area contributed by atoms with Crippen LogP contribution in [0.2, 0.25) is 10.0 Å². The van der Waals surface area contributed by atoms with Gasteiger partial charge in [0.25, 0.3) is 0 Å². The highest BCUT2D eigenvalue weighted by Gasteiger charge is 2.15. The highest BCUT2D eigenvalue weighted by atomic mass is 35.5. The quantitative estimate of drug-likeness (QED) is 0.780. The van der Waals surface area contributed by atoms with Gasteiger partial charge in [0.05, 0.1) is 21.3 Å². The third-order valence-electron chi connectivity index (χ3n) is 2.53. The predicted molar refractivity (Wildman–Crippen MR) is 74.9 cm³/mol. The Morgan fingerprint density at radius 1 is 1.37 bits per heavy atom. The van der Waals surface area contributed by atoms with Crippen molar-refractivity contribution in [3.63, 3.8) is 0 Å². The van der Waals surface area contributed by atoms with Crippen molar-refractivity contribution < 1.29 is 14.7 Å². The van der Waals surface area contributed by atoms with Gasteiger partial charge in [0.15, 0.2) is 0 Å². The zero-order valence-corrected chi connectivity index (χ0v) is 11.8. The van der Waals surface area contributed by atoms with E-state index in [0.717, 1.165) is 0 Å². The Hall–Kier alpha value is -1.30. The average molecular weight is 305 g/mol. The second-order valence-corrected chi connectivity index (χ2v) is 4.86. The molecule has 0 radical (unpaired) electrons. The molecule has 0 aliphatic heterocycles. The number of nitrogens with one attached hydrogen (secondary N) is 1. The van der Waals surface area contributed by atoms with E-state index in [1.54, 1.807) is 0 Å². The molecule has 1 unspecified atom stereocenters. The summed E-state index contributed by atoms with van der Waals surface area (Å²) in [6, 6.07) is 2.21. The molecule has 0 heterocycles. The Kier molecular flexibility index (Phi) is 5.60. The monoisotopic (exact) mass is 304 g/mol. The maximum absolute atomic E-state index is 11.7. The summed E-state index contributed by atoms with van der Waals surface area (Å²) in [5.41, 5.74) is 5.82. The Morgan fingerprint density at radius 3 is 2.32 bits per heavy atom. The lowest BCUT2D eigenvalue weighted by Gasteiger charge is -2.12. The SMILES string of the molecule is CCC(N)CC(=O)Nc1c(Cl)cc(C(=O)O)cc1Cl. The first-order chi connectivity index (χ1) is 8.85. The second-order valence-electron chi connectivity index (χ2n) is 4.04. The van der Waals surface area contributed by atoms with Crippen LogP contribution in [-0.4, -0.2) is 23.0 Å². The van der Waals surface area contributed by atoms with E-state index in [9.17, 15) is 9.59 Å².